The number of amides is 1. The van der Waals surface area contributed by atoms with E-state index in [1.165, 1.54) is 11.0 Å². The van der Waals surface area contributed by atoms with E-state index in [1.54, 1.807) is 23.9 Å². The number of benzene rings is 2. The Morgan fingerprint density at radius 2 is 1.90 bits per heavy atom. The quantitative estimate of drug-likeness (QED) is 0.310. The third-order valence-corrected chi connectivity index (χ3v) is 8.38. The van der Waals surface area contributed by atoms with Gasteiger partial charge in [-0.2, -0.15) is 5.10 Å². The highest BCUT2D eigenvalue weighted by molar-refractivity contribution is 7.91. The topological polar surface area (TPSA) is 117 Å². The molecule has 1 fully saturated rings. The molecule has 11 heteroatoms. The largest absolute Gasteiger partial charge is 0.486 e. The number of likely N-dealkylation sites (N-methyl/N-ethyl adjacent to an activating group) is 1. The second-order valence-corrected chi connectivity index (χ2v) is 11.5. The minimum Gasteiger partial charge on any atom is -0.486 e. The summed E-state index contributed by atoms with van der Waals surface area (Å²) in [5.74, 6) is 0.167. The zero-order chi connectivity index (χ0) is 27.4. The second-order valence-electron chi connectivity index (χ2n) is 9.25. The van der Waals surface area contributed by atoms with Crippen LogP contribution in [0, 0.1) is 0 Å². The van der Waals surface area contributed by atoms with Gasteiger partial charge in [-0.15, -0.1) is 0 Å². The Morgan fingerprint density at radius 1 is 1.13 bits per heavy atom. The van der Waals surface area contributed by atoms with Crippen LogP contribution in [0.15, 0.2) is 60.8 Å². The van der Waals surface area contributed by atoms with Gasteiger partial charge in [-0.1, -0.05) is 18.2 Å². The molecule has 0 bridgehead atoms. The molecule has 39 heavy (non-hydrogen) atoms. The fourth-order valence-electron chi connectivity index (χ4n) is 4.72. The number of rotatable bonds is 8. The van der Waals surface area contributed by atoms with Gasteiger partial charge in [0.15, 0.2) is 27.9 Å². The lowest BCUT2D eigenvalue weighted by molar-refractivity contribution is -0.149. The second kappa shape index (κ2) is 11.3. The Morgan fingerprint density at radius 3 is 2.62 bits per heavy atom. The van der Waals surface area contributed by atoms with Crippen molar-refractivity contribution in [1.29, 1.82) is 0 Å². The predicted molar refractivity (Wildman–Crippen MR) is 144 cm³/mol. The number of ether oxygens (including phenoxy) is 3. The molecular formula is C28H29N3O7S. The molecule has 0 saturated carbocycles. The van der Waals surface area contributed by atoms with Crippen LogP contribution in [-0.4, -0.2) is 78.9 Å². The van der Waals surface area contributed by atoms with Crippen LogP contribution in [-0.2, 0) is 24.2 Å². The Labute approximate surface area is 226 Å². The van der Waals surface area contributed by atoms with Gasteiger partial charge in [-0.05, 0) is 49.8 Å². The maximum Gasteiger partial charge on any atom is 0.331 e. The number of fused-ring (bicyclic) bond motifs is 1. The number of para-hydroxylation sites is 1. The summed E-state index contributed by atoms with van der Waals surface area (Å²) in [5, 5.41) is 4.75. The van der Waals surface area contributed by atoms with Crippen LogP contribution >= 0.6 is 0 Å². The summed E-state index contributed by atoms with van der Waals surface area (Å²) in [6.45, 7) is 2.59. The molecule has 1 saturated heterocycles. The molecule has 0 aliphatic carbocycles. The first-order valence-corrected chi connectivity index (χ1v) is 14.5. The smallest absolute Gasteiger partial charge is 0.331 e. The lowest BCUT2D eigenvalue weighted by atomic mass is 10.1. The number of sulfone groups is 1. The van der Waals surface area contributed by atoms with Gasteiger partial charge in [0.1, 0.15) is 18.9 Å². The van der Waals surface area contributed by atoms with Crippen molar-refractivity contribution in [2.24, 2.45) is 0 Å². The van der Waals surface area contributed by atoms with Crippen LogP contribution < -0.4 is 9.47 Å². The van der Waals surface area contributed by atoms with E-state index in [0.717, 1.165) is 11.3 Å². The van der Waals surface area contributed by atoms with Crippen LogP contribution in [0.1, 0.15) is 18.9 Å². The highest BCUT2D eigenvalue weighted by Gasteiger charge is 2.34. The molecule has 3 heterocycles. The summed E-state index contributed by atoms with van der Waals surface area (Å²) < 4.78 is 41.9. The van der Waals surface area contributed by atoms with Crippen LogP contribution in [0.2, 0.25) is 0 Å². The van der Waals surface area contributed by atoms with E-state index in [2.05, 4.69) is 0 Å². The monoisotopic (exact) mass is 551 g/mol. The van der Waals surface area contributed by atoms with E-state index < -0.39 is 28.3 Å². The zero-order valence-corrected chi connectivity index (χ0v) is 22.3. The summed E-state index contributed by atoms with van der Waals surface area (Å²) >= 11 is 0. The summed E-state index contributed by atoms with van der Waals surface area (Å²) in [5.41, 5.74) is 2.90. The average Bonchev–Trinajstić information content (AvgIpc) is 3.54. The van der Waals surface area contributed by atoms with Crippen molar-refractivity contribution in [2.75, 3.05) is 37.9 Å². The SMILES string of the molecule is CCN(C(=O)COC(=O)C=Cc1cn(-c2ccccc2)nc1-c1ccc2c(c1)OCCO2)C1CCS(=O)(=O)C1. The van der Waals surface area contributed by atoms with Crippen LogP contribution in [0.25, 0.3) is 23.0 Å². The number of nitrogens with zero attached hydrogens (tertiary/aromatic N) is 3. The molecule has 1 atom stereocenters. The molecule has 204 valence electrons. The van der Waals surface area contributed by atoms with E-state index in [4.69, 9.17) is 19.3 Å². The molecule has 10 nitrogen and oxygen atoms in total. The van der Waals surface area contributed by atoms with E-state index in [1.807, 2.05) is 48.5 Å². The Bertz CT molecular complexity index is 1500. The van der Waals surface area contributed by atoms with E-state index >= 15 is 0 Å². The van der Waals surface area contributed by atoms with Crippen LogP contribution in [0.4, 0.5) is 0 Å². The normalized spacial score (nSPS) is 17.7. The van der Waals surface area contributed by atoms with Gasteiger partial charge in [0.05, 0.1) is 17.2 Å². The lowest BCUT2D eigenvalue weighted by Crippen LogP contribution is -2.43. The molecule has 5 rings (SSSR count). The number of aromatic nitrogens is 2. The third kappa shape index (κ3) is 6.14. The molecule has 1 unspecified atom stereocenters. The maximum absolute atomic E-state index is 12.7. The minimum absolute atomic E-state index is 0.0610. The molecule has 0 radical (unpaired) electrons. The number of carbonyl (C=O) groups is 2. The van der Waals surface area contributed by atoms with Crippen molar-refractivity contribution in [1.82, 2.24) is 14.7 Å². The predicted octanol–water partition coefficient (Wildman–Crippen LogP) is 2.90. The fraction of sp³-hybridized carbons (Fsp3) is 0.321. The number of hydrogen-bond acceptors (Lipinski definition) is 8. The van der Waals surface area contributed by atoms with Crippen LogP contribution in [0.3, 0.4) is 0 Å². The van der Waals surface area contributed by atoms with Gasteiger partial charge >= 0.3 is 5.97 Å². The number of carbonyl (C=O) groups excluding carboxylic acids is 2. The first kappa shape index (κ1) is 26.5. The molecule has 2 aliphatic rings. The maximum atomic E-state index is 12.7. The standard InChI is InChI=1S/C28H29N3O7S/c1-2-30(23-12-15-39(34,35)19-23)26(32)18-38-27(33)11-9-21-17-31(22-6-4-3-5-7-22)29-28(21)20-8-10-24-25(16-20)37-14-13-36-24/h3-11,16-17,23H,2,12-15,18-19H2,1H3. The molecule has 3 aromatic rings. The Balaban J connectivity index is 1.32. The highest BCUT2D eigenvalue weighted by Crippen LogP contribution is 2.35. The first-order chi connectivity index (χ1) is 18.8. The Kier molecular flexibility index (Phi) is 7.69. The Hall–Kier alpha value is -4.12. The summed E-state index contributed by atoms with van der Waals surface area (Å²) in [6.07, 6.45) is 5.03. The van der Waals surface area contributed by atoms with Crippen LogP contribution in [0.5, 0.6) is 11.5 Å². The summed E-state index contributed by atoms with van der Waals surface area (Å²) in [7, 11) is -3.14. The summed E-state index contributed by atoms with van der Waals surface area (Å²) in [6, 6.07) is 14.7. The molecule has 1 amide bonds. The number of esters is 1. The van der Waals surface area contributed by atoms with Crippen molar-refractivity contribution in [2.45, 2.75) is 19.4 Å². The van der Waals surface area contributed by atoms with Gasteiger partial charge in [0.2, 0.25) is 0 Å². The molecule has 2 aliphatic heterocycles. The molecule has 2 aromatic carbocycles. The van der Waals surface area contributed by atoms with E-state index in [0.29, 0.717) is 48.9 Å². The minimum atomic E-state index is -3.14. The molecule has 0 spiro atoms. The molecular weight excluding hydrogens is 522 g/mol. The zero-order valence-electron chi connectivity index (χ0n) is 21.5. The van der Waals surface area contributed by atoms with Crippen molar-refractivity contribution in [3.05, 3.63) is 66.4 Å². The van der Waals surface area contributed by atoms with Crippen molar-refractivity contribution >= 4 is 27.8 Å². The first-order valence-electron chi connectivity index (χ1n) is 12.7. The van der Waals surface area contributed by atoms with Crippen molar-refractivity contribution < 1.29 is 32.2 Å². The fourth-order valence-corrected chi connectivity index (χ4v) is 6.45. The highest BCUT2D eigenvalue weighted by atomic mass is 32.2. The van der Waals surface area contributed by atoms with Gasteiger partial charge in [-0.3, -0.25) is 4.79 Å². The van der Waals surface area contributed by atoms with Gasteiger partial charge < -0.3 is 19.1 Å². The van der Waals surface area contributed by atoms with Crippen molar-refractivity contribution in [3.63, 3.8) is 0 Å². The average molecular weight is 552 g/mol. The van der Waals surface area contributed by atoms with E-state index in [9.17, 15) is 18.0 Å². The van der Waals surface area contributed by atoms with Gasteiger partial charge in [0, 0.05) is 36.0 Å². The van der Waals surface area contributed by atoms with Gasteiger partial charge in [-0.25, -0.2) is 17.9 Å². The van der Waals surface area contributed by atoms with Gasteiger partial charge in [0.25, 0.3) is 5.91 Å². The number of hydrogen-bond donors (Lipinski definition) is 0. The third-order valence-electron chi connectivity index (χ3n) is 6.63. The summed E-state index contributed by atoms with van der Waals surface area (Å²) in [4.78, 5) is 26.7. The molecule has 1 aromatic heterocycles. The van der Waals surface area contributed by atoms with Crippen molar-refractivity contribution in [3.8, 4) is 28.4 Å². The van der Waals surface area contributed by atoms with E-state index in [-0.39, 0.29) is 17.5 Å². The lowest BCUT2D eigenvalue weighted by Gasteiger charge is -2.26. The molecule has 0 N–H and O–H groups in total.